The van der Waals surface area contributed by atoms with Crippen LogP contribution < -0.4 is 9.64 Å². The Morgan fingerprint density at radius 2 is 1.48 bits per heavy atom. The molecule has 0 unspecified atom stereocenters. The Morgan fingerprint density at radius 3 is 2.10 bits per heavy atom. The van der Waals surface area contributed by atoms with E-state index in [1.165, 1.54) is 5.56 Å². The third-order valence-electron chi connectivity index (χ3n) is 5.02. The molecule has 1 amide bonds. The largest absolute Gasteiger partial charge is 0.457 e. The molecular formula is C25H25NO2S. The van der Waals surface area contributed by atoms with Crippen LogP contribution in [-0.2, 0) is 10.2 Å². The van der Waals surface area contributed by atoms with Crippen LogP contribution in [0.4, 0.5) is 5.69 Å². The summed E-state index contributed by atoms with van der Waals surface area (Å²) in [6.45, 7) is 6.63. The molecule has 148 valence electrons. The molecule has 0 radical (unpaired) electrons. The molecule has 1 aliphatic heterocycles. The van der Waals surface area contributed by atoms with Crippen molar-refractivity contribution in [3.05, 3.63) is 90.0 Å². The van der Waals surface area contributed by atoms with Crippen LogP contribution in [0.5, 0.6) is 11.5 Å². The summed E-state index contributed by atoms with van der Waals surface area (Å²) >= 11 is 1.67. The summed E-state index contributed by atoms with van der Waals surface area (Å²) in [5, 5.41) is -0.00240. The fourth-order valence-corrected chi connectivity index (χ4v) is 4.57. The lowest BCUT2D eigenvalue weighted by Crippen LogP contribution is -2.27. The van der Waals surface area contributed by atoms with Crippen LogP contribution in [0.1, 0.15) is 37.3 Å². The topological polar surface area (TPSA) is 29.5 Å². The SMILES string of the molecule is CC(C)(C)c1ccc([C@@H]2SCC(=O)N2c2ccc(Oc3ccccc3)cc2)cc1. The van der Waals surface area contributed by atoms with Crippen LogP contribution in [0.2, 0.25) is 0 Å². The number of carbonyl (C=O) groups excluding carboxylic acids is 1. The molecule has 1 saturated heterocycles. The van der Waals surface area contributed by atoms with E-state index in [1.54, 1.807) is 11.8 Å². The standard InChI is InChI=1S/C25H25NO2S/c1-25(2,3)19-11-9-18(10-12-19)24-26(23(27)17-29-24)20-13-15-22(16-14-20)28-21-7-5-4-6-8-21/h4-16,24H,17H2,1-3H3/t24-/m0/s1. The number of para-hydroxylation sites is 1. The summed E-state index contributed by atoms with van der Waals surface area (Å²) in [5.74, 6) is 2.18. The van der Waals surface area contributed by atoms with Gasteiger partial charge in [-0.3, -0.25) is 9.69 Å². The summed E-state index contributed by atoms with van der Waals surface area (Å²) in [4.78, 5) is 14.5. The zero-order valence-corrected chi connectivity index (χ0v) is 17.8. The van der Waals surface area contributed by atoms with E-state index in [1.807, 2.05) is 59.5 Å². The summed E-state index contributed by atoms with van der Waals surface area (Å²) in [6, 6.07) is 26.1. The van der Waals surface area contributed by atoms with E-state index >= 15 is 0 Å². The lowest BCUT2D eigenvalue weighted by molar-refractivity contribution is -0.115. The van der Waals surface area contributed by atoms with Crippen molar-refractivity contribution in [1.82, 2.24) is 0 Å². The number of amides is 1. The van der Waals surface area contributed by atoms with Crippen molar-refractivity contribution in [2.75, 3.05) is 10.7 Å². The molecule has 3 aromatic carbocycles. The highest BCUT2D eigenvalue weighted by Crippen LogP contribution is 2.42. The number of ether oxygens (including phenoxy) is 1. The number of carbonyl (C=O) groups is 1. The number of thioether (sulfide) groups is 1. The molecule has 4 rings (SSSR count). The maximum Gasteiger partial charge on any atom is 0.238 e. The minimum Gasteiger partial charge on any atom is -0.457 e. The Balaban J connectivity index is 1.55. The van der Waals surface area contributed by atoms with Crippen LogP contribution in [0.15, 0.2) is 78.9 Å². The monoisotopic (exact) mass is 403 g/mol. The third kappa shape index (κ3) is 4.33. The molecule has 0 N–H and O–H groups in total. The van der Waals surface area contributed by atoms with E-state index in [0.717, 1.165) is 22.7 Å². The highest BCUT2D eigenvalue weighted by Gasteiger charge is 2.34. The molecule has 4 heteroatoms. The fraction of sp³-hybridized carbons (Fsp3) is 0.240. The molecule has 1 atom stereocenters. The summed E-state index contributed by atoms with van der Waals surface area (Å²) < 4.78 is 5.87. The minimum atomic E-state index is -0.00240. The van der Waals surface area contributed by atoms with Crippen LogP contribution in [0.25, 0.3) is 0 Å². The predicted molar refractivity (Wildman–Crippen MR) is 121 cm³/mol. The molecule has 0 aromatic heterocycles. The lowest BCUT2D eigenvalue weighted by atomic mass is 9.86. The number of anilines is 1. The predicted octanol–water partition coefficient (Wildman–Crippen LogP) is 6.56. The smallest absolute Gasteiger partial charge is 0.238 e. The lowest BCUT2D eigenvalue weighted by Gasteiger charge is -2.26. The Kier molecular flexibility index (Phi) is 5.37. The van der Waals surface area contributed by atoms with Crippen molar-refractivity contribution in [2.24, 2.45) is 0 Å². The van der Waals surface area contributed by atoms with Crippen LogP contribution in [-0.4, -0.2) is 11.7 Å². The molecule has 3 aromatic rings. The first kappa shape index (κ1) is 19.6. The van der Waals surface area contributed by atoms with Gasteiger partial charge in [0.25, 0.3) is 0 Å². The molecular weight excluding hydrogens is 378 g/mol. The van der Waals surface area contributed by atoms with Crippen molar-refractivity contribution in [3.8, 4) is 11.5 Å². The Labute approximate surface area is 176 Å². The first-order valence-corrected chi connectivity index (χ1v) is 10.8. The van der Waals surface area contributed by atoms with Gasteiger partial charge in [-0.2, -0.15) is 0 Å². The summed E-state index contributed by atoms with van der Waals surface area (Å²) in [7, 11) is 0. The van der Waals surface area contributed by atoms with Gasteiger partial charge in [-0.25, -0.2) is 0 Å². The zero-order chi connectivity index (χ0) is 20.4. The molecule has 1 aliphatic rings. The van der Waals surface area contributed by atoms with E-state index in [4.69, 9.17) is 4.74 Å². The van der Waals surface area contributed by atoms with Crippen molar-refractivity contribution < 1.29 is 9.53 Å². The van der Waals surface area contributed by atoms with Gasteiger partial charge in [-0.1, -0.05) is 63.2 Å². The first-order chi connectivity index (χ1) is 13.9. The number of hydrogen-bond donors (Lipinski definition) is 0. The Morgan fingerprint density at radius 1 is 0.862 bits per heavy atom. The minimum absolute atomic E-state index is 0.00240. The van der Waals surface area contributed by atoms with Gasteiger partial charge in [0.15, 0.2) is 0 Å². The highest BCUT2D eigenvalue weighted by atomic mass is 32.2. The van der Waals surface area contributed by atoms with E-state index in [2.05, 4.69) is 45.0 Å². The number of nitrogens with zero attached hydrogens (tertiary/aromatic N) is 1. The third-order valence-corrected chi connectivity index (χ3v) is 6.24. The van der Waals surface area contributed by atoms with Crippen molar-refractivity contribution in [1.29, 1.82) is 0 Å². The number of hydrogen-bond acceptors (Lipinski definition) is 3. The van der Waals surface area contributed by atoms with Gasteiger partial charge in [0.05, 0.1) is 5.75 Å². The second kappa shape index (κ2) is 7.96. The van der Waals surface area contributed by atoms with Gasteiger partial charge in [-0.05, 0) is 52.9 Å². The van der Waals surface area contributed by atoms with Gasteiger partial charge in [0, 0.05) is 5.69 Å². The summed E-state index contributed by atoms with van der Waals surface area (Å²) in [6.07, 6.45) is 0. The maximum atomic E-state index is 12.6. The molecule has 0 aliphatic carbocycles. The van der Waals surface area contributed by atoms with Crippen molar-refractivity contribution >= 4 is 23.4 Å². The van der Waals surface area contributed by atoms with E-state index in [0.29, 0.717) is 5.75 Å². The van der Waals surface area contributed by atoms with Gasteiger partial charge < -0.3 is 4.74 Å². The highest BCUT2D eigenvalue weighted by molar-refractivity contribution is 8.00. The molecule has 1 heterocycles. The maximum absolute atomic E-state index is 12.6. The van der Waals surface area contributed by atoms with Crippen molar-refractivity contribution in [2.45, 2.75) is 31.6 Å². The Hall–Kier alpha value is -2.72. The second-order valence-electron chi connectivity index (χ2n) is 8.21. The van der Waals surface area contributed by atoms with Crippen molar-refractivity contribution in [3.63, 3.8) is 0 Å². The fourth-order valence-electron chi connectivity index (χ4n) is 3.40. The van der Waals surface area contributed by atoms with E-state index in [9.17, 15) is 4.79 Å². The average molecular weight is 404 g/mol. The first-order valence-electron chi connectivity index (χ1n) is 9.79. The molecule has 0 spiro atoms. The molecule has 29 heavy (non-hydrogen) atoms. The van der Waals surface area contributed by atoms with Gasteiger partial charge in [0.2, 0.25) is 5.91 Å². The van der Waals surface area contributed by atoms with Gasteiger partial charge >= 0.3 is 0 Å². The van der Waals surface area contributed by atoms with E-state index < -0.39 is 0 Å². The molecule has 3 nitrogen and oxygen atoms in total. The molecule has 1 fully saturated rings. The van der Waals surface area contributed by atoms with Crippen LogP contribution in [0.3, 0.4) is 0 Å². The van der Waals surface area contributed by atoms with Crippen LogP contribution in [0, 0.1) is 0 Å². The molecule has 0 bridgehead atoms. The average Bonchev–Trinajstić information content (AvgIpc) is 3.10. The zero-order valence-electron chi connectivity index (χ0n) is 17.0. The normalized spacial score (nSPS) is 16.9. The quantitative estimate of drug-likeness (QED) is 0.494. The summed E-state index contributed by atoms with van der Waals surface area (Å²) in [5.41, 5.74) is 3.46. The van der Waals surface area contributed by atoms with Gasteiger partial charge in [0.1, 0.15) is 16.9 Å². The van der Waals surface area contributed by atoms with E-state index in [-0.39, 0.29) is 16.7 Å². The molecule has 0 saturated carbocycles. The van der Waals surface area contributed by atoms with Gasteiger partial charge in [-0.15, -0.1) is 11.8 Å². The Bertz CT molecular complexity index is 976. The second-order valence-corrected chi connectivity index (χ2v) is 9.28. The van der Waals surface area contributed by atoms with Crippen LogP contribution >= 0.6 is 11.8 Å². The number of rotatable bonds is 4. The number of benzene rings is 3.